The van der Waals surface area contributed by atoms with Crippen molar-refractivity contribution in [3.8, 4) is 11.5 Å². The molecule has 1 amide bonds. The van der Waals surface area contributed by atoms with E-state index in [0.717, 1.165) is 49.8 Å². The van der Waals surface area contributed by atoms with Crippen molar-refractivity contribution in [1.29, 1.82) is 0 Å². The number of carbonyl (C=O) groups is 1. The second-order valence-electron chi connectivity index (χ2n) is 6.69. The molecule has 0 radical (unpaired) electrons. The molecule has 0 atom stereocenters. The molecule has 0 bridgehead atoms. The molecule has 2 N–H and O–H groups in total. The average Bonchev–Trinajstić information content (AvgIpc) is 2.64. The number of nitrogens with one attached hydrogen (secondary N) is 1. The van der Waals surface area contributed by atoms with Crippen molar-refractivity contribution in [1.82, 2.24) is 5.32 Å². The van der Waals surface area contributed by atoms with Crippen molar-refractivity contribution in [3.63, 3.8) is 0 Å². The maximum absolute atomic E-state index is 12.1. The van der Waals surface area contributed by atoms with E-state index >= 15 is 0 Å². The number of rotatable bonds is 9. The van der Waals surface area contributed by atoms with E-state index in [0.29, 0.717) is 19.0 Å². The number of hydrogen-bond acceptors (Lipinski definition) is 4. The lowest BCUT2D eigenvalue weighted by Gasteiger charge is -2.25. The Kier molecular flexibility index (Phi) is 8.48. The highest BCUT2D eigenvalue weighted by Gasteiger charge is 2.19. The van der Waals surface area contributed by atoms with Crippen LogP contribution in [0.4, 0.5) is 0 Å². The molecule has 26 heavy (non-hydrogen) atoms. The largest absolute Gasteiger partial charge is 0.490 e. The number of carbonyl (C=O) groups excluding carboxylic acids is 1. The minimum atomic E-state index is -0.214. The molecule has 0 aromatic heterocycles. The molecule has 5 nitrogen and oxygen atoms in total. The van der Waals surface area contributed by atoms with Crippen molar-refractivity contribution < 1.29 is 19.4 Å². The zero-order valence-corrected chi connectivity index (χ0v) is 15.9. The highest BCUT2D eigenvalue weighted by molar-refractivity contribution is 5.92. The molecule has 0 heterocycles. The van der Waals surface area contributed by atoms with Gasteiger partial charge in [0.15, 0.2) is 11.5 Å². The van der Waals surface area contributed by atoms with Crippen molar-refractivity contribution in [3.05, 3.63) is 29.8 Å². The first-order valence-corrected chi connectivity index (χ1v) is 9.68. The number of ether oxygens (including phenoxy) is 2. The Hall–Kier alpha value is -2.01. The number of benzene rings is 1. The molecule has 1 aromatic carbocycles. The van der Waals surface area contributed by atoms with Crippen LogP contribution < -0.4 is 14.8 Å². The van der Waals surface area contributed by atoms with E-state index in [2.05, 4.69) is 12.2 Å². The molecular weight excluding hydrogens is 330 g/mol. The number of aliphatic hydroxyl groups excluding tert-OH is 1. The Bertz CT molecular complexity index is 592. The molecule has 1 aromatic rings. The second-order valence-corrected chi connectivity index (χ2v) is 6.69. The number of amides is 1. The van der Waals surface area contributed by atoms with Crippen LogP contribution in [0.25, 0.3) is 6.08 Å². The standard InChI is InChI=1S/C21H31NO4/c1-3-5-14-26-19-12-6-16(15-20(19)25-4-2)7-13-21(24)22-17-8-10-18(23)11-9-17/h6-7,12-13,15,17-18,23H,3-5,8-11,14H2,1-2H3,(H,22,24). The van der Waals surface area contributed by atoms with E-state index in [1.54, 1.807) is 12.2 Å². The van der Waals surface area contributed by atoms with Gasteiger partial charge in [0.1, 0.15) is 0 Å². The Balaban J connectivity index is 1.93. The van der Waals surface area contributed by atoms with Gasteiger partial charge in [0.2, 0.25) is 5.91 Å². The molecular formula is C21H31NO4. The Morgan fingerprint density at radius 2 is 1.96 bits per heavy atom. The fourth-order valence-electron chi connectivity index (χ4n) is 2.98. The summed E-state index contributed by atoms with van der Waals surface area (Å²) >= 11 is 0. The SMILES string of the molecule is CCCCOc1ccc(C=CC(=O)NC2CCC(O)CC2)cc1OCC. The Labute approximate surface area is 156 Å². The number of aliphatic hydroxyl groups is 1. The van der Waals surface area contributed by atoms with Gasteiger partial charge in [-0.05, 0) is 62.8 Å². The summed E-state index contributed by atoms with van der Waals surface area (Å²) in [5.41, 5.74) is 0.894. The quantitative estimate of drug-likeness (QED) is 0.520. The fourth-order valence-corrected chi connectivity index (χ4v) is 2.98. The van der Waals surface area contributed by atoms with Gasteiger partial charge < -0.3 is 19.9 Å². The van der Waals surface area contributed by atoms with Gasteiger partial charge >= 0.3 is 0 Å². The molecule has 1 aliphatic carbocycles. The van der Waals surface area contributed by atoms with Crippen LogP contribution in [0.15, 0.2) is 24.3 Å². The zero-order chi connectivity index (χ0) is 18.8. The van der Waals surface area contributed by atoms with E-state index in [-0.39, 0.29) is 18.1 Å². The van der Waals surface area contributed by atoms with Crippen LogP contribution in [0.1, 0.15) is 57.9 Å². The molecule has 5 heteroatoms. The van der Waals surface area contributed by atoms with Gasteiger partial charge in [0.05, 0.1) is 19.3 Å². The maximum atomic E-state index is 12.1. The fraction of sp³-hybridized carbons (Fsp3) is 0.571. The van der Waals surface area contributed by atoms with E-state index in [4.69, 9.17) is 9.47 Å². The summed E-state index contributed by atoms with van der Waals surface area (Å²) in [7, 11) is 0. The molecule has 0 spiro atoms. The van der Waals surface area contributed by atoms with Gasteiger partial charge in [-0.25, -0.2) is 0 Å². The topological polar surface area (TPSA) is 67.8 Å². The summed E-state index contributed by atoms with van der Waals surface area (Å²) in [4.78, 5) is 12.1. The second kappa shape index (κ2) is 10.9. The molecule has 1 saturated carbocycles. The van der Waals surface area contributed by atoms with E-state index in [1.807, 2.05) is 25.1 Å². The summed E-state index contributed by atoms with van der Waals surface area (Å²) in [5.74, 6) is 1.34. The van der Waals surface area contributed by atoms with Crippen molar-refractivity contribution in [2.24, 2.45) is 0 Å². The van der Waals surface area contributed by atoms with Crippen LogP contribution in [-0.2, 0) is 4.79 Å². The first-order chi connectivity index (χ1) is 12.6. The van der Waals surface area contributed by atoms with Crippen LogP contribution in [0, 0.1) is 0 Å². The van der Waals surface area contributed by atoms with Crippen molar-refractivity contribution in [2.45, 2.75) is 64.5 Å². The summed E-state index contributed by atoms with van der Waals surface area (Å²) in [6.07, 6.45) is 8.38. The van der Waals surface area contributed by atoms with Gasteiger partial charge in [0.25, 0.3) is 0 Å². The van der Waals surface area contributed by atoms with Gasteiger partial charge in [-0.1, -0.05) is 19.4 Å². The predicted octanol–water partition coefficient (Wildman–Crippen LogP) is 3.70. The zero-order valence-electron chi connectivity index (χ0n) is 15.9. The predicted molar refractivity (Wildman–Crippen MR) is 103 cm³/mol. The van der Waals surface area contributed by atoms with E-state index in [1.165, 1.54) is 0 Å². The van der Waals surface area contributed by atoms with Crippen LogP contribution in [0.3, 0.4) is 0 Å². The molecule has 0 saturated heterocycles. The summed E-state index contributed by atoms with van der Waals surface area (Å²) in [6.45, 7) is 5.30. The lowest BCUT2D eigenvalue weighted by molar-refractivity contribution is -0.117. The normalized spacial score (nSPS) is 20.1. The smallest absolute Gasteiger partial charge is 0.244 e. The highest BCUT2D eigenvalue weighted by Crippen LogP contribution is 2.29. The minimum Gasteiger partial charge on any atom is -0.490 e. The van der Waals surface area contributed by atoms with Crippen molar-refractivity contribution in [2.75, 3.05) is 13.2 Å². The maximum Gasteiger partial charge on any atom is 0.244 e. The first kappa shape index (κ1) is 20.3. The van der Waals surface area contributed by atoms with Gasteiger partial charge in [-0.3, -0.25) is 4.79 Å². The first-order valence-electron chi connectivity index (χ1n) is 9.68. The molecule has 0 unspecified atom stereocenters. The Morgan fingerprint density at radius 1 is 1.19 bits per heavy atom. The van der Waals surface area contributed by atoms with E-state index < -0.39 is 0 Å². The van der Waals surface area contributed by atoms with Crippen LogP contribution in [-0.4, -0.2) is 36.4 Å². The lowest BCUT2D eigenvalue weighted by atomic mass is 9.93. The van der Waals surface area contributed by atoms with E-state index in [9.17, 15) is 9.90 Å². The third-order valence-electron chi connectivity index (χ3n) is 4.49. The van der Waals surface area contributed by atoms with Crippen molar-refractivity contribution >= 4 is 12.0 Å². The van der Waals surface area contributed by atoms with Crippen LogP contribution in [0.5, 0.6) is 11.5 Å². The summed E-state index contributed by atoms with van der Waals surface area (Å²) < 4.78 is 11.4. The van der Waals surface area contributed by atoms with Gasteiger partial charge in [-0.2, -0.15) is 0 Å². The third kappa shape index (κ3) is 6.71. The molecule has 1 aliphatic rings. The number of unbranched alkanes of at least 4 members (excludes halogenated alkanes) is 1. The molecule has 1 fully saturated rings. The monoisotopic (exact) mass is 361 g/mol. The third-order valence-corrected chi connectivity index (χ3v) is 4.49. The van der Waals surface area contributed by atoms with Gasteiger partial charge in [-0.15, -0.1) is 0 Å². The van der Waals surface area contributed by atoms with Gasteiger partial charge in [0, 0.05) is 12.1 Å². The highest BCUT2D eigenvalue weighted by atomic mass is 16.5. The summed E-state index contributed by atoms with van der Waals surface area (Å²) in [6, 6.07) is 5.86. The summed E-state index contributed by atoms with van der Waals surface area (Å²) in [5, 5.41) is 12.5. The van der Waals surface area contributed by atoms with Crippen LogP contribution >= 0.6 is 0 Å². The lowest BCUT2D eigenvalue weighted by Crippen LogP contribution is -2.37. The molecule has 144 valence electrons. The molecule has 2 rings (SSSR count). The molecule has 0 aliphatic heterocycles. The van der Waals surface area contributed by atoms with Crippen LogP contribution in [0.2, 0.25) is 0 Å². The average molecular weight is 361 g/mol. The Morgan fingerprint density at radius 3 is 2.65 bits per heavy atom. The number of hydrogen-bond donors (Lipinski definition) is 2. The minimum absolute atomic E-state index is 0.104.